The number of fused-ring (bicyclic) bond motifs is 1. The van der Waals surface area contributed by atoms with Gasteiger partial charge in [0.05, 0.1) is 23.3 Å². The second-order valence-electron chi connectivity index (χ2n) is 8.13. The van der Waals surface area contributed by atoms with Crippen molar-refractivity contribution in [3.05, 3.63) is 42.4 Å². The summed E-state index contributed by atoms with van der Waals surface area (Å²) in [6.07, 6.45) is 5.73. The first-order chi connectivity index (χ1) is 14.6. The van der Waals surface area contributed by atoms with Crippen LogP contribution < -0.4 is 5.32 Å². The molecule has 30 heavy (non-hydrogen) atoms. The summed E-state index contributed by atoms with van der Waals surface area (Å²) >= 11 is 0. The Bertz CT molecular complexity index is 998. The maximum atomic E-state index is 13.2. The molecule has 0 bridgehead atoms. The first-order valence-corrected chi connectivity index (χ1v) is 11.1. The molecule has 4 rings (SSSR count). The molecule has 1 amide bonds. The summed E-state index contributed by atoms with van der Waals surface area (Å²) in [6, 6.07) is 9.91. The van der Waals surface area contributed by atoms with Gasteiger partial charge >= 0.3 is 0 Å². The summed E-state index contributed by atoms with van der Waals surface area (Å²) in [5.41, 5.74) is 1.94. The monoisotopic (exact) mass is 408 g/mol. The van der Waals surface area contributed by atoms with Crippen LogP contribution in [0.1, 0.15) is 57.9 Å². The summed E-state index contributed by atoms with van der Waals surface area (Å²) in [4.78, 5) is 20.5. The first kappa shape index (κ1) is 20.6. The van der Waals surface area contributed by atoms with Gasteiger partial charge < -0.3 is 14.8 Å². The number of nitrogens with zero attached hydrogens (tertiary/aromatic N) is 5. The number of amides is 1. The number of hydrogen-bond donors (Lipinski definition) is 1. The van der Waals surface area contributed by atoms with E-state index in [1.807, 2.05) is 41.9 Å². The lowest BCUT2D eigenvalue weighted by atomic mass is 10.1. The van der Waals surface area contributed by atoms with Crippen LogP contribution in [-0.4, -0.2) is 49.8 Å². The van der Waals surface area contributed by atoms with Gasteiger partial charge in [0.15, 0.2) is 0 Å². The molecule has 1 aliphatic heterocycles. The fourth-order valence-electron chi connectivity index (χ4n) is 4.46. The van der Waals surface area contributed by atoms with Gasteiger partial charge in [0.25, 0.3) is 0 Å². The lowest BCUT2D eigenvalue weighted by molar-refractivity contribution is -0.118. The molecule has 0 radical (unpaired) electrons. The summed E-state index contributed by atoms with van der Waals surface area (Å²) in [5.74, 6) is 1.70. The standard InChI is InChI=1S/C23H32N6O/c1-4-8-21-25-19-9-6-7-10-20(19)28(21)17(3)23(30)26-22-11-14-24-29(22)18-12-15-27(5-2)16-13-18/h6-7,9-11,14,17-18H,4-5,8,12-13,15-16H2,1-3H3,(H,26,30)/t17-/m1/s1. The molecule has 1 atom stereocenters. The number of rotatable bonds is 7. The minimum Gasteiger partial charge on any atom is -0.316 e. The second kappa shape index (κ2) is 9.00. The molecular formula is C23H32N6O. The summed E-state index contributed by atoms with van der Waals surface area (Å²) in [7, 11) is 0. The van der Waals surface area contributed by atoms with E-state index in [1.165, 1.54) is 0 Å². The number of aryl methyl sites for hydroxylation is 1. The highest BCUT2D eigenvalue weighted by Crippen LogP contribution is 2.27. The lowest BCUT2D eigenvalue weighted by Gasteiger charge is -2.32. The molecule has 7 heteroatoms. The number of piperidine rings is 1. The molecule has 3 aromatic rings. The van der Waals surface area contributed by atoms with E-state index < -0.39 is 0 Å². The van der Waals surface area contributed by atoms with E-state index in [2.05, 4.69) is 33.7 Å². The Morgan fingerprint density at radius 2 is 1.97 bits per heavy atom. The number of carbonyl (C=O) groups is 1. The van der Waals surface area contributed by atoms with E-state index in [4.69, 9.17) is 4.98 Å². The number of carbonyl (C=O) groups excluding carboxylic acids is 1. The molecule has 1 saturated heterocycles. The average molecular weight is 409 g/mol. The van der Waals surface area contributed by atoms with E-state index in [0.717, 1.165) is 68.0 Å². The lowest BCUT2D eigenvalue weighted by Crippen LogP contribution is -2.35. The molecule has 0 saturated carbocycles. The van der Waals surface area contributed by atoms with Crippen molar-refractivity contribution in [2.75, 3.05) is 25.0 Å². The molecular weight excluding hydrogens is 376 g/mol. The number of aromatic nitrogens is 4. The Balaban J connectivity index is 1.54. The molecule has 1 N–H and O–H groups in total. The molecule has 160 valence electrons. The van der Waals surface area contributed by atoms with Crippen LogP contribution in [-0.2, 0) is 11.2 Å². The number of imidazole rings is 1. The zero-order chi connectivity index (χ0) is 21.1. The number of para-hydroxylation sites is 2. The van der Waals surface area contributed by atoms with Gasteiger partial charge in [-0.05, 0) is 44.9 Å². The van der Waals surface area contributed by atoms with Crippen molar-refractivity contribution in [1.29, 1.82) is 0 Å². The Hall–Kier alpha value is -2.67. The number of nitrogens with one attached hydrogen (secondary N) is 1. The molecule has 0 spiro atoms. The normalized spacial score (nSPS) is 16.8. The minimum absolute atomic E-state index is 0.0387. The van der Waals surface area contributed by atoms with Crippen molar-refractivity contribution in [3.8, 4) is 0 Å². The maximum Gasteiger partial charge on any atom is 0.248 e. The van der Waals surface area contributed by atoms with Crippen LogP contribution in [0.4, 0.5) is 5.82 Å². The number of benzene rings is 1. The van der Waals surface area contributed by atoms with Crippen LogP contribution in [0.25, 0.3) is 11.0 Å². The van der Waals surface area contributed by atoms with Gasteiger partial charge in [-0.2, -0.15) is 5.10 Å². The minimum atomic E-state index is -0.357. The number of likely N-dealkylation sites (tertiary alicyclic amines) is 1. The van der Waals surface area contributed by atoms with Gasteiger partial charge in [0.2, 0.25) is 5.91 Å². The van der Waals surface area contributed by atoms with Gasteiger partial charge in [0, 0.05) is 25.6 Å². The molecule has 0 unspecified atom stereocenters. The number of anilines is 1. The van der Waals surface area contributed by atoms with Crippen molar-refractivity contribution >= 4 is 22.8 Å². The SMILES string of the molecule is CCCc1nc2ccccc2n1[C@H](C)C(=O)Nc1ccnn1C1CCN(CC)CC1. The summed E-state index contributed by atoms with van der Waals surface area (Å²) in [6.45, 7) is 9.53. The van der Waals surface area contributed by atoms with Gasteiger partial charge in [-0.25, -0.2) is 9.67 Å². The molecule has 0 aliphatic carbocycles. The fraction of sp³-hybridized carbons (Fsp3) is 0.522. The Kier molecular flexibility index (Phi) is 6.18. The highest BCUT2D eigenvalue weighted by atomic mass is 16.2. The third kappa shape index (κ3) is 3.99. The highest BCUT2D eigenvalue weighted by molar-refractivity contribution is 5.94. The Morgan fingerprint density at radius 1 is 1.20 bits per heavy atom. The van der Waals surface area contributed by atoms with Crippen LogP contribution >= 0.6 is 0 Å². The molecule has 1 aliphatic rings. The first-order valence-electron chi connectivity index (χ1n) is 11.1. The molecule has 1 fully saturated rings. The highest BCUT2D eigenvalue weighted by Gasteiger charge is 2.25. The van der Waals surface area contributed by atoms with Gasteiger partial charge in [-0.3, -0.25) is 4.79 Å². The quantitative estimate of drug-likeness (QED) is 0.641. The topological polar surface area (TPSA) is 68.0 Å². The molecule has 2 aromatic heterocycles. The van der Waals surface area contributed by atoms with Crippen LogP contribution in [0.2, 0.25) is 0 Å². The van der Waals surface area contributed by atoms with Crippen LogP contribution in [0.3, 0.4) is 0 Å². The molecule has 3 heterocycles. The third-order valence-corrected chi connectivity index (χ3v) is 6.18. The maximum absolute atomic E-state index is 13.2. The van der Waals surface area contributed by atoms with Crippen LogP contribution in [0.15, 0.2) is 36.5 Å². The van der Waals surface area contributed by atoms with E-state index in [9.17, 15) is 4.79 Å². The predicted octanol–water partition coefficient (Wildman–Crippen LogP) is 4.04. The van der Waals surface area contributed by atoms with Gasteiger partial charge in [0.1, 0.15) is 17.7 Å². The van der Waals surface area contributed by atoms with E-state index in [-0.39, 0.29) is 11.9 Å². The molecule has 7 nitrogen and oxygen atoms in total. The second-order valence-corrected chi connectivity index (χ2v) is 8.13. The van der Waals surface area contributed by atoms with Crippen LogP contribution in [0, 0.1) is 0 Å². The summed E-state index contributed by atoms with van der Waals surface area (Å²) in [5, 5.41) is 7.66. The van der Waals surface area contributed by atoms with Gasteiger partial charge in [-0.1, -0.05) is 26.0 Å². The van der Waals surface area contributed by atoms with E-state index in [1.54, 1.807) is 6.20 Å². The smallest absolute Gasteiger partial charge is 0.248 e. The van der Waals surface area contributed by atoms with Crippen LogP contribution in [0.5, 0.6) is 0 Å². The van der Waals surface area contributed by atoms with E-state index >= 15 is 0 Å². The largest absolute Gasteiger partial charge is 0.316 e. The van der Waals surface area contributed by atoms with Crippen molar-refractivity contribution in [1.82, 2.24) is 24.2 Å². The molecule has 1 aromatic carbocycles. The zero-order valence-electron chi connectivity index (χ0n) is 18.2. The Morgan fingerprint density at radius 3 is 2.70 bits per heavy atom. The van der Waals surface area contributed by atoms with E-state index in [0.29, 0.717) is 6.04 Å². The fourth-order valence-corrected chi connectivity index (χ4v) is 4.46. The van der Waals surface area contributed by atoms with Gasteiger partial charge in [-0.15, -0.1) is 0 Å². The summed E-state index contributed by atoms with van der Waals surface area (Å²) < 4.78 is 4.07. The third-order valence-electron chi connectivity index (χ3n) is 6.18. The predicted molar refractivity (Wildman–Crippen MR) is 120 cm³/mol. The van der Waals surface area contributed by atoms with Crippen molar-refractivity contribution in [2.45, 2.75) is 58.5 Å². The van der Waals surface area contributed by atoms with Crippen molar-refractivity contribution in [3.63, 3.8) is 0 Å². The van der Waals surface area contributed by atoms with Crippen molar-refractivity contribution < 1.29 is 4.79 Å². The van der Waals surface area contributed by atoms with Crippen molar-refractivity contribution in [2.24, 2.45) is 0 Å². The number of hydrogen-bond acceptors (Lipinski definition) is 4. The Labute approximate surface area is 178 Å². The zero-order valence-corrected chi connectivity index (χ0v) is 18.2. The average Bonchev–Trinajstić information content (AvgIpc) is 3.37.